The van der Waals surface area contributed by atoms with Gasteiger partial charge in [0, 0.05) is 17.5 Å². The molecule has 0 spiro atoms. The normalized spacial score (nSPS) is 12.2. The highest BCUT2D eigenvalue weighted by molar-refractivity contribution is 6.30. The smallest absolute Gasteiger partial charge is 0.304 e. The molecule has 1 aromatic rings. The molecule has 2 N–H and O–H groups in total. The third-order valence-electron chi connectivity index (χ3n) is 1.49. The predicted octanol–water partition coefficient (Wildman–Crippen LogP) is 1.86. The number of esters is 1. The summed E-state index contributed by atoms with van der Waals surface area (Å²) in [6.45, 7) is 1.32. The number of ether oxygens (including phenoxy) is 1. The summed E-state index contributed by atoms with van der Waals surface area (Å²) >= 11 is 5.67. The zero-order valence-electron chi connectivity index (χ0n) is 7.16. The first kappa shape index (κ1) is 10.0. The quantitative estimate of drug-likeness (QED) is 0.584. The summed E-state index contributed by atoms with van der Waals surface area (Å²) in [5.74, 6) is -0.401. The molecule has 0 aliphatic heterocycles. The molecule has 0 heterocycles. The maximum atomic E-state index is 10.6. The molecule has 70 valence electrons. The number of nitrogens with two attached hydrogens (primary N) is 1. The Kier molecular flexibility index (Phi) is 3.28. The van der Waals surface area contributed by atoms with Gasteiger partial charge in [-0.3, -0.25) is 10.5 Å². The average Bonchev–Trinajstić information content (AvgIpc) is 2.04. The van der Waals surface area contributed by atoms with Crippen LogP contribution in [-0.2, 0) is 9.53 Å². The van der Waals surface area contributed by atoms with Crippen molar-refractivity contribution in [1.82, 2.24) is 0 Å². The first-order chi connectivity index (χ1) is 6.09. The fourth-order valence-corrected chi connectivity index (χ4v) is 1.03. The van der Waals surface area contributed by atoms with Gasteiger partial charge in [0.1, 0.15) is 0 Å². The highest BCUT2D eigenvalue weighted by Crippen LogP contribution is 2.15. The second-order valence-electron chi connectivity index (χ2n) is 2.58. The van der Waals surface area contributed by atoms with Crippen LogP contribution < -0.4 is 5.73 Å². The van der Waals surface area contributed by atoms with E-state index in [1.807, 2.05) is 0 Å². The molecule has 1 rings (SSSR count). The summed E-state index contributed by atoms with van der Waals surface area (Å²) in [5.41, 5.74) is 6.28. The fraction of sp³-hybridized carbons (Fsp3) is 0.222. The topological polar surface area (TPSA) is 52.3 Å². The molecule has 1 atom stereocenters. The van der Waals surface area contributed by atoms with Gasteiger partial charge >= 0.3 is 5.97 Å². The Morgan fingerprint density at radius 2 is 2.00 bits per heavy atom. The molecule has 13 heavy (non-hydrogen) atoms. The second-order valence-corrected chi connectivity index (χ2v) is 3.02. The fourth-order valence-electron chi connectivity index (χ4n) is 0.899. The molecule has 0 radical (unpaired) electrons. The molecule has 3 nitrogen and oxygen atoms in total. The van der Waals surface area contributed by atoms with Crippen molar-refractivity contribution in [2.24, 2.45) is 5.73 Å². The molecule has 0 aliphatic carbocycles. The van der Waals surface area contributed by atoms with Gasteiger partial charge in [-0.25, -0.2) is 0 Å². The van der Waals surface area contributed by atoms with Gasteiger partial charge in [0.2, 0.25) is 0 Å². The number of hydrogen-bond donors (Lipinski definition) is 1. The van der Waals surface area contributed by atoms with Crippen LogP contribution in [0.4, 0.5) is 0 Å². The maximum absolute atomic E-state index is 10.6. The average molecular weight is 200 g/mol. The van der Waals surface area contributed by atoms with Crippen LogP contribution in [0.2, 0.25) is 5.02 Å². The third-order valence-corrected chi connectivity index (χ3v) is 1.74. The molecule has 0 amide bonds. The highest BCUT2D eigenvalue weighted by atomic mass is 35.5. The molecule has 4 heteroatoms. The van der Waals surface area contributed by atoms with E-state index >= 15 is 0 Å². The van der Waals surface area contributed by atoms with Crippen LogP contribution in [-0.4, -0.2) is 5.97 Å². The Balaban J connectivity index is 2.71. The van der Waals surface area contributed by atoms with Crippen LogP contribution in [0, 0.1) is 0 Å². The van der Waals surface area contributed by atoms with Gasteiger partial charge in [-0.1, -0.05) is 23.7 Å². The van der Waals surface area contributed by atoms with E-state index in [0.717, 1.165) is 5.56 Å². The summed E-state index contributed by atoms with van der Waals surface area (Å²) in [5, 5.41) is 0.624. The van der Waals surface area contributed by atoms with E-state index in [-0.39, 0.29) is 0 Å². The van der Waals surface area contributed by atoms with Crippen molar-refractivity contribution in [2.75, 3.05) is 0 Å². The summed E-state index contributed by atoms with van der Waals surface area (Å²) < 4.78 is 4.77. The van der Waals surface area contributed by atoms with Crippen LogP contribution in [0.15, 0.2) is 24.3 Å². The predicted molar refractivity (Wildman–Crippen MR) is 50.1 cm³/mol. The zero-order valence-corrected chi connectivity index (χ0v) is 7.91. The van der Waals surface area contributed by atoms with Crippen molar-refractivity contribution in [3.63, 3.8) is 0 Å². The minimum absolute atomic E-state index is 0.401. The zero-order chi connectivity index (χ0) is 9.84. The van der Waals surface area contributed by atoms with Crippen LogP contribution in [0.1, 0.15) is 18.7 Å². The number of carbonyl (C=O) groups is 1. The Morgan fingerprint density at radius 3 is 2.46 bits per heavy atom. The molecule has 0 unspecified atom stereocenters. The Labute approximate surface area is 81.4 Å². The van der Waals surface area contributed by atoms with Gasteiger partial charge < -0.3 is 4.74 Å². The number of rotatable bonds is 2. The lowest BCUT2D eigenvalue weighted by atomic mass is 10.2. The first-order valence-electron chi connectivity index (χ1n) is 3.78. The van der Waals surface area contributed by atoms with Gasteiger partial charge in [0.15, 0.2) is 6.23 Å². The molecule has 0 aliphatic rings. The SMILES string of the molecule is CC(=O)O[C@@H](N)c1ccc(Cl)cc1. The standard InChI is InChI=1S/C9H10ClNO2/c1-6(12)13-9(11)7-2-4-8(10)5-3-7/h2-5,9H,11H2,1H3/t9-/m1/s1. The van der Waals surface area contributed by atoms with Crippen molar-refractivity contribution < 1.29 is 9.53 Å². The number of benzene rings is 1. The van der Waals surface area contributed by atoms with E-state index in [1.165, 1.54) is 6.92 Å². The van der Waals surface area contributed by atoms with Gasteiger partial charge in [-0.2, -0.15) is 0 Å². The van der Waals surface area contributed by atoms with Gasteiger partial charge in [0.05, 0.1) is 0 Å². The van der Waals surface area contributed by atoms with Crippen molar-refractivity contribution in [1.29, 1.82) is 0 Å². The summed E-state index contributed by atoms with van der Waals surface area (Å²) in [4.78, 5) is 10.6. The lowest BCUT2D eigenvalue weighted by Crippen LogP contribution is -2.16. The van der Waals surface area contributed by atoms with Gasteiger partial charge in [0.25, 0.3) is 0 Å². The van der Waals surface area contributed by atoms with E-state index in [1.54, 1.807) is 24.3 Å². The number of hydrogen-bond acceptors (Lipinski definition) is 3. The summed E-state index contributed by atoms with van der Waals surface area (Å²) in [6, 6.07) is 6.83. The summed E-state index contributed by atoms with van der Waals surface area (Å²) in [6.07, 6.45) is -0.713. The molecule has 0 saturated heterocycles. The molecular weight excluding hydrogens is 190 g/mol. The van der Waals surface area contributed by atoms with E-state index in [0.29, 0.717) is 5.02 Å². The van der Waals surface area contributed by atoms with E-state index in [9.17, 15) is 4.79 Å². The molecule has 0 saturated carbocycles. The monoisotopic (exact) mass is 199 g/mol. The summed E-state index contributed by atoms with van der Waals surface area (Å²) in [7, 11) is 0. The van der Waals surface area contributed by atoms with E-state index in [2.05, 4.69) is 0 Å². The van der Waals surface area contributed by atoms with E-state index in [4.69, 9.17) is 22.1 Å². The van der Waals surface area contributed by atoms with Gasteiger partial charge in [-0.15, -0.1) is 0 Å². The number of halogens is 1. The van der Waals surface area contributed by atoms with Crippen LogP contribution in [0.3, 0.4) is 0 Å². The van der Waals surface area contributed by atoms with Crippen LogP contribution in [0.25, 0.3) is 0 Å². The van der Waals surface area contributed by atoms with Crippen LogP contribution >= 0.6 is 11.6 Å². The molecular formula is C9H10ClNO2. The second kappa shape index (κ2) is 4.25. The molecule has 1 aromatic carbocycles. The minimum Gasteiger partial charge on any atom is -0.443 e. The Morgan fingerprint density at radius 1 is 1.46 bits per heavy atom. The first-order valence-corrected chi connectivity index (χ1v) is 4.15. The molecule has 0 fully saturated rings. The van der Waals surface area contributed by atoms with Crippen molar-refractivity contribution in [3.05, 3.63) is 34.9 Å². The maximum Gasteiger partial charge on any atom is 0.304 e. The van der Waals surface area contributed by atoms with Gasteiger partial charge in [-0.05, 0) is 12.1 Å². The highest BCUT2D eigenvalue weighted by Gasteiger charge is 2.07. The molecule has 0 bridgehead atoms. The Hall–Kier alpha value is -1.06. The largest absolute Gasteiger partial charge is 0.443 e. The van der Waals surface area contributed by atoms with Crippen molar-refractivity contribution in [2.45, 2.75) is 13.2 Å². The van der Waals surface area contributed by atoms with Crippen molar-refractivity contribution >= 4 is 17.6 Å². The van der Waals surface area contributed by atoms with Crippen LogP contribution in [0.5, 0.6) is 0 Å². The lowest BCUT2D eigenvalue weighted by Gasteiger charge is -2.11. The van der Waals surface area contributed by atoms with E-state index < -0.39 is 12.2 Å². The number of carbonyl (C=O) groups excluding carboxylic acids is 1. The lowest BCUT2D eigenvalue weighted by molar-refractivity contribution is -0.146. The van der Waals surface area contributed by atoms with Crippen molar-refractivity contribution in [3.8, 4) is 0 Å². The minimum atomic E-state index is -0.713. The third kappa shape index (κ3) is 3.05. The Bertz CT molecular complexity index is 297. The molecule has 0 aromatic heterocycles.